The second-order valence-electron chi connectivity index (χ2n) is 4.38. The van der Waals surface area contributed by atoms with Crippen LogP contribution >= 0.6 is 0 Å². The summed E-state index contributed by atoms with van der Waals surface area (Å²) in [5.41, 5.74) is 0. The fraction of sp³-hybridized carbons (Fsp3) is 1.00. The molecular formula is C12H26O5. The lowest BCUT2D eigenvalue weighted by Crippen LogP contribution is -2.34. The van der Waals surface area contributed by atoms with Gasteiger partial charge in [-0.25, -0.2) is 0 Å². The zero-order valence-electron chi connectivity index (χ0n) is 10.7. The highest BCUT2D eigenvalue weighted by Crippen LogP contribution is 2.05. The quantitative estimate of drug-likeness (QED) is 0.440. The van der Waals surface area contributed by atoms with Crippen molar-refractivity contribution in [3.8, 4) is 0 Å². The molecule has 0 aromatic rings. The Morgan fingerprint density at radius 3 is 1.35 bits per heavy atom. The van der Waals surface area contributed by atoms with Gasteiger partial charge in [0.25, 0.3) is 0 Å². The second-order valence-corrected chi connectivity index (χ2v) is 4.38. The van der Waals surface area contributed by atoms with E-state index in [9.17, 15) is 20.4 Å². The van der Waals surface area contributed by atoms with Crippen LogP contribution in [0.15, 0.2) is 0 Å². The summed E-state index contributed by atoms with van der Waals surface area (Å²) in [4.78, 5) is 0. The fourth-order valence-electron chi connectivity index (χ4n) is 1.51. The SMILES string of the molecule is CCCC(O)C(O)COCC(O)C(O)CCC. The fourth-order valence-corrected chi connectivity index (χ4v) is 1.51. The zero-order valence-corrected chi connectivity index (χ0v) is 10.7. The summed E-state index contributed by atoms with van der Waals surface area (Å²) in [6.45, 7) is 3.78. The number of rotatable bonds is 10. The highest BCUT2D eigenvalue weighted by molar-refractivity contribution is 4.68. The van der Waals surface area contributed by atoms with E-state index >= 15 is 0 Å². The Labute approximate surface area is 103 Å². The van der Waals surface area contributed by atoms with E-state index in [0.29, 0.717) is 12.8 Å². The van der Waals surface area contributed by atoms with Crippen LogP contribution in [-0.4, -0.2) is 58.1 Å². The molecular weight excluding hydrogens is 224 g/mol. The van der Waals surface area contributed by atoms with Crippen LogP contribution in [0.5, 0.6) is 0 Å². The molecule has 4 N–H and O–H groups in total. The lowest BCUT2D eigenvalue weighted by Gasteiger charge is -2.20. The maximum absolute atomic E-state index is 9.48. The molecule has 0 spiro atoms. The van der Waals surface area contributed by atoms with Crippen molar-refractivity contribution in [3.63, 3.8) is 0 Å². The van der Waals surface area contributed by atoms with Gasteiger partial charge in [0.05, 0.1) is 25.4 Å². The first kappa shape index (κ1) is 16.8. The van der Waals surface area contributed by atoms with Crippen molar-refractivity contribution in [2.24, 2.45) is 0 Å². The molecule has 0 amide bonds. The molecule has 104 valence electrons. The molecule has 5 heteroatoms. The Morgan fingerprint density at radius 2 is 1.06 bits per heavy atom. The van der Waals surface area contributed by atoms with Gasteiger partial charge in [-0.1, -0.05) is 26.7 Å². The average Bonchev–Trinajstić information content (AvgIpc) is 2.29. The van der Waals surface area contributed by atoms with Crippen LogP contribution in [0.4, 0.5) is 0 Å². The van der Waals surface area contributed by atoms with Gasteiger partial charge >= 0.3 is 0 Å². The Hall–Kier alpha value is -0.200. The summed E-state index contributed by atoms with van der Waals surface area (Å²) in [7, 11) is 0. The van der Waals surface area contributed by atoms with Crippen LogP contribution in [0, 0.1) is 0 Å². The summed E-state index contributed by atoms with van der Waals surface area (Å²) in [5, 5.41) is 37.8. The first-order valence-electron chi connectivity index (χ1n) is 6.32. The highest BCUT2D eigenvalue weighted by Gasteiger charge is 2.18. The molecule has 0 saturated heterocycles. The predicted molar refractivity (Wildman–Crippen MR) is 64.7 cm³/mol. The minimum atomic E-state index is -0.939. The Morgan fingerprint density at radius 1 is 0.706 bits per heavy atom. The molecule has 0 saturated carbocycles. The Balaban J connectivity index is 3.68. The number of hydrogen-bond donors (Lipinski definition) is 4. The lowest BCUT2D eigenvalue weighted by atomic mass is 10.1. The van der Waals surface area contributed by atoms with Gasteiger partial charge < -0.3 is 25.2 Å². The number of hydrogen-bond acceptors (Lipinski definition) is 5. The average molecular weight is 250 g/mol. The standard InChI is InChI=1S/C12H26O5/c1-3-5-9(13)11(15)7-17-8-12(16)10(14)6-4-2/h9-16H,3-8H2,1-2H3. The van der Waals surface area contributed by atoms with E-state index < -0.39 is 24.4 Å². The first-order chi connectivity index (χ1) is 8.02. The van der Waals surface area contributed by atoms with Crippen molar-refractivity contribution in [2.75, 3.05) is 13.2 Å². The van der Waals surface area contributed by atoms with Crippen molar-refractivity contribution in [3.05, 3.63) is 0 Å². The van der Waals surface area contributed by atoms with E-state index in [1.807, 2.05) is 13.8 Å². The van der Waals surface area contributed by atoms with E-state index in [0.717, 1.165) is 12.8 Å². The van der Waals surface area contributed by atoms with E-state index in [4.69, 9.17) is 4.74 Å². The maximum Gasteiger partial charge on any atom is 0.103 e. The van der Waals surface area contributed by atoms with Crippen LogP contribution in [-0.2, 0) is 4.74 Å². The third-order valence-electron chi connectivity index (χ3n) is 2.63. The van der Waals surface area contributed by atoms with Crippen molar-refractivity contribution >= 4 is 0 Å². The van der Waals surface area contributed by atoms with Gasteiger partial charge in [0.1, 0.15) is 12.2 Å². The van der Waals surface area contributed by atoms with Crippen LogP contribution in [0.3, 0.4) is 0 Å². The number of aliphatic hydroxyl groups is 4. The van der Waals surface area contributed by atoms with Crippen LogP contribution < -0.4 is 0 Å². The van der Waals surface area contributed by atoms with Crippen molar-refractivity contribution < 1.29 is 25.2 Å². The van der Waals surface area contributed by atoms with Gasteiger partial charge in [-0.3, -0.25) is 0 Å². The monoisotopic (exact) mass is 250 g/mol. The van der Waals surface area contributed by atoms with Gasteiger partial charge in [-0.05, 0) is 12.8 Å². The minimum Gasteiger partial charge on any atom is -0.390 e. The first-order valence-corrected chi connectivity index (χ1v) is 6.32. The molecule has 4 unspecified atom stereocenters. The Kier molecular flexibility index (Phi) is 9.68. The Bertz CT molecular complexity index is 158. The van der Waals surface area contributed by atoms with E-state index in [1.54, 1.807) is 0 Å². The van der Waals surface area contributed by atoms with Crippen LogP contribution in [0.2, 0.25) is 0 Å². The second kappa shape index (κ2) is 9.79. The molecule has 17 heavy (non-hydrogen) atoms. The third kappa shape index (κ3) is 7.68. The molecule has 0 aliphatic heterocycles. The predicted octanol–water partition coefficient (Wildman–Crippen LogP) is 0.0468. The topological polar surface area (TPSA) is 90.2 Å². The highest BCUT2D eigenvalue weighted by atomic mass is 16.5. The summed E-state index contributed by atoms with van der Waals surface area (Å²) < 4.78 is 5.07. The normalized spacial score (nSPS) is 18.7. The zero-order chi connectivity index (χ0) is 13.3. The molecule has 0 radical (unpaired) electrons. The molecule has 0 heterocycles. The minimum absolute atomic E-state index is 0.0307. The van der Waals surface area contributed by atoms with Gasteiger partial charge in [0.15, 0.2) is 0 Å². The third-order valence-corrected chi connectivity index (χ3v) is 2.63. The van der Waals surface area contributed by atoms with Crippen molar-refractivity contribution in [1.82, 2.24) is 0 Å². The van der Waals surface area contributed by atoms with Crippen LogP contribution in [0.25, 0.3) is 0 Å². The van der Waals surface area contributed by atoms with Gasteiger partial charge in [-0.2, -0.15) is 0 Å². The van der Waals surface area contributed by atoms with E-state index in [-0.39, 0.29) is 13.2 Å². The molecule has 0 aliphatic carbocycles. The molecule has 0 aromatic carbocycles. The summed E-state index contributed by atoms with van der Waals surface area (Å²) in [6.07, 6.45) is -0.852. The maximum atomic E-state index is 9.48. The lowest BCUT2D eigenvalue weighted by molar-refractivity contribution is -0.0794. The van der Waals surface area contributed by atoms with Gasteiger partial charge in [-0.15, -0.1) is 0 Å². The molecule has 0 aromatic heterocycles. The summed E-state index contributed by atoms with van der Waals surface area (Å²) in [6, 6.07) is 0. The molecule has 4 atom stereocenters. The number of ether oxygens (including phenoxy) is 1. The molecule has 0 aliphatic rings. The van der Waals surface area contributed by atoms with Crippen molar-refractivity contribution in [1.29, 1.82) is 0 Å². The summed E-state index contributed by atoms with van der Waals surface area (Å²) in [5.74, 6) is 0. The van der Waals surface area contributed by atoms with E-state index in [2.05, 4.69) is 0 Å². The van der Waals surface area contributed by atoms with E-state index in [1.165, 1.54) is 0 Å². The smallest absolute Gasteiger partial charge is 0.103 e. The molecule has 0 fully saturated rings. The van der Waals surface area contributed by atoms with Gasteiger partial charge in [0, 0.05) is 0 Å². The summed E-state index contributed by atoms with van der Waals surface area (Å²) >= 11 is 0. The molecule has 0 rings (SSSR count). The van der Waals surface area contributed by atoms with Crippen LogP contribution in [0.1, 0.15) is 39.5 Å². The molecule has 0 bridgehead atoms. The van der Waals surface area contributed by atoms with Crippen molar-refractivity contribution in [2.45, 2.75) is 63.9 Å². The number of aliphatic hydroxyl groups excluding tert-OH is 4. The largest absolute Gasteiger partial charge is 0.390 e. The van der Waals surface area contributed by atoms with Gasteiger partial charge in [0.2, 0.25) is 0 Å². The molecule has 5 nitrogen and oxygen atoms in total.